The Morgan fingerprint density at radius 1 is 1.35 bits per heavy atom. The molecule has 1 unspecified atom stereocenters. The molecule has 0 spiro atoms. The van der Waals surface area contributed by atoms with Crippen molar-refractivity contribution in [3.8, 4) is 0 Å². The molecule has 20 heavy (non-hydrogen) atoms. The summed E-state index contributed by atoms with van der Waals surface area (Å²) < 4.78 is 0. The fraction of sp³-hybridized carbons (Fsp3) is 0.533. The van der Waals surface area contributed by atoms with E-state index in [-0.39, 0.29) is 23.8 Å². The third kappa shape index (κ3) is 3.56. The highest BCUT2D eigenvalue weighted by Crippen LogP contribution is 2.19. The third-order valence-electron chi connectivity index (χ3n) is 3.80. The molecule has 108 valence electrons. The van der Waals surface area contributed by atoms with Crippen molar-refractivity contribution in [1.82, 2.24) is 15.2 Å². The third-order valence-corrected chi connectivity index (χ3v) is 3.80. The number of pyridine rings is 1. The minimum atomic E-state index is -0.0884. The predicted molar refractivity (Wildman–Crippen MR) is 75.8 cm³/mol. The summed E-state index contributed by atoms with van der Waals surface area (Å²) >= 11 is 0. The lowest BCUT2D eigenvalue weighted by molar-refractivity contribution is -0.134. The molecule has 2 amide bonds. The molecule has 0 radical (unpaired) electrons. The van der Waals surface area contributed by atoms with Crippen molar-refractivity contribution in [3.05, 3.63) is 30.1 Å². The van der Waals surface area contributed by atoms with Crippen molar-refractivity contribution in [3.63, 3.8) is 0 Å². The summed E-state index contributed by atoms with van der Waals surface area (Å²) in [5, 5.41) is 3.01. The second-order valence-electron chi connectivity index (χ2n) is 5.27. The molecule has 1 aromatic rings. The van der Waals surface area contributed by atoms with E-state index in [0.717, 1.165) is 18.5 Å². The van der Waals surface area contributed by atoms with Gasteiger partial charge >= 0.3 is 0 Å². The Hall–Kier alpha value is -1.91. The summed E-state index contributed by atoms with van der Waals surface area (Å²) in [7, 11) is 0. The highest BCUT2D eigenvalue weighted by Gasteiger charge is 2.26. The molecule has 5 nitrogen and oxygen atoms in total. The van der Waals surface area contributed by atoms with Crippen LogP contribution in [0.2, 0.25) is 0 Å². The van der Waals surface area contributed by atoms with Gasteiger partial charge in [0.25, 0.3) is 0 Å². The van der Waals surface area contributed by atoms with Gasteiger partial charge in [0, 0.05) is 32.1 Å². The Bertz CT molecular complexity index is 467. The maximum Gasteiger partial charge on any atom is 0.223 e. The fourth-order valence-electron chi connectivity index (χ4n) is 2.49. The number of hydrogen-bond donors (Lipinski definition) is 1. The minimum absolute atomic E-state index is 0.00300. The van der Waals surface area contributed by atoms with Gasteiger partial charge < -0.3 is 10.2 Å². The number of rotatable bonds is 3. The van der Waals surface area contributed by atoms with Crippen LogP contribution in [0.4, 0.5) is 0 Å². The lowest BCUT2D eigenvalue weighted by Crippen LogP contribution is -2.42. The Labute approximate surface area is 119 Å². The van der Waals surface area contributed by atoms with Crippen LogP contribution in [0.25, 0.3) is 0 Å². The lowest BCUT2D eigenvalue weighted by Gasteiger charge is -2.31. The zero-order chi connectivity index (χ0) is 14.5. The van der Waals surface area contributed by atoms with E-state index >= 15 is 0 Å². The van der Waals surface area contributed by atoms with Crippen LogP contribution in [0.3, 0.4) is 0 Å². The molecule has 1 aromatic heterocycles. The molecule has 0 bridgehead atoms. The van der Waals surface area contributed by atoms with Gasteiger partial charge in [0.05, 0.1) is 11.7 Å². The Morgan fingerprint density at radius 2 is 2.05 bits per heavy atom. The maximum atomic E-state index is 12.2. The summed E-state index contributed by atoms with van der Waals surface area (Å²) in [5.74, 6) is 0.147. The average molecular weight is 275 g/mol. The first kappa shape index (κ1) is 14.5. The van der Waals surface area contributed by atoms with Gasteiger partial charge in [-0.3, -0.25) is 14.6 Å². The molecule has 2 heterocycles. The Kier molecular flexibility index (Phi) is 4.71. The summed E-state index contributed by atoms with van der Waals surface area (Å²) in [4.78, 5) is 29.5. The van der Waals surface area contributed by atoms with Gasteiger partial charge in [-0.2, -0.15) is 0 Å². The molecule has 0 aromatic carbocycles. The van der Waals surface area contributed by atoms with E-state index in [1.54, 1.807) is 18.0 Å². The van der Waals surface area contributed by atoms with Crippen LogP contribution >= 0.6 is 0 Å². The molecule has 1 aliphatic rings. The van der Waals surface area contributed by atoms with Crippen molar-refractivity contribution in [2.45, 2.75) is 32.7 Å². The predicted octanol–water partition coefficient (Wildman–Crippen LogP) is 1.52. The van der Waals surface area contributed by atoms with Gasteiger partial charge in [-0.05, 0) is 31.9 Å². The highest BCUT2D eigenvalue weighted by atomic mass is 16.2. The first-order chi connectivity index (χ1) is 9.58. The average Bonchev–Trinajstić information content (AvgIpc) is 2.48. The first-order valence-electron chi connectivity index (χ1n) is 7.04. The molecular weight excluding hydrogens is 254 g/mol. The number of nitrogens with one attached hydrogen (secondary N) is 1. The molecule has 1 N–H and O–H groups in total. The number of amides is 2. The van der Waals surface area contributed by atoms with E-state index in [1.807, 2.05) is 25.1 Å². The minimum Gasteiger partial charge on any atom is -0.348 e. The number of likely N-dealkylation sites (tertiary alicyclic amines) is 1. The van der Waals surface area contributed by atoms with E-state index in [0.29, 0.717) is 13.1 Å². The van der Waals surface area contributed by atoms with Gasteiger partial charge in [-0.25, -0.2) is 0 Å². The Morgan fingerprint density at radius 3 is 2.60 bits per heavy atom. The van der Waals surface area contributed by atoms with Gasteiger partial charge in [0.2, 0.25) is 11.8 Å². The van der Waals surface area contributed by atoms with Crippen molar-refractivity contribution in [2.75, 3.05) is 13.1 Å². The zero-order valence-electron chi connectivity index (χ0n) is 12.0. The molecule has 5 heteroatoms. The summed E-state index contributed by atoms with van der Waals surface area (Å²) in [5.41, 5.74) is 0.863. The van der Waals surface area contributed by atoms with Crippen molar-refractivity contribution in [2.24, 2.45) is 5.92 Å². The SMILES string of the molecule is CC(=O)N1CCC(C(=O)NC(C)c2ccccn2)CC1. The van der Waals surface area contributed by atoms with Gasteiger partial charge in [0.1, 0.15) is 0 Å². The first-order valence-corrected chi connectivity index (χ1v) is 7.04. The maximum absolute atomic E-state index is 12.2. The standard InChI is InChI=1S/C15H21N3O2/c1-11(14-5-3-4-8-16-14)17-15(20)13-6-9-18(10-7-13)12(2)19/h3-5,8,11,13H,6-7,9-10H2,1-2H3,(H,17,20). The van der Waals surface area contributed by atoms with Gasteiger partial charge in [-0.1, -0.05) is 6.07 Å². The number of hydrogen-bond acceptors (Lipinski definition) is 3. The van der Waals surface area contributed by atoms with Crippen molar-refractivity contribution < 1.29 is 9.59 Å². The van der Waals surface area contributed by atoms with Gasteiger partial charge in [0.15, 0.2) is 0 Å². The number of piperidine rings is 1. The van der Waals surface area contributed by atoms with E-state index in [4.69, 9.17) is 0 Å². The Balaban J connectivity index is 1.85. The summed E-state index contributed by atoms with van der Waals surface area (Å²) in [6, 6.07) is 5.59. The number of aromatic nitrogens is 1. The van der Waals surface area contributed by atoms with E-state index in [2.05, 4.69) is 10.3 Å². The van der Waals surface area contributed by atoms with Crippen LogP contribution < -0.4 is 5.32 Å². The van der Waals surface area contributed by atoms with Crippen LogP contribution in [0.1, 0.15) is 38.4 Å². The monoisotopic (exact) mass is 275 g/mol. The molecule has 1 fully saturated rings. The largest absolute Gasteiger partial charge is 0.348 e. The highest BCUT2D eigenvalue weighted by molar-refractivity contribution is 5.79. The molecular formula is C15H21N3O2. The molecule has 1 saturated heterocycles. The van der Waals surface area contributed by atoms with Crippen LogP contribution in [-0.2, 0) is 9.59 Å². The van der Waals surface area contributed by atoms with Crippen LogP contribution in [0.15, 0.2) is 24.4 Å². The fourth-order valence-corrected chi connectivity index (χ4v) is 2.49. The molecule has 1 atom stereocenters. The van der Waals surface area contributed by atoms with Crippen LogP contribution in [-0.4, -0.2) is 34.8 Å². The topological polar surface area (TPSA) is 62.3 Å². The normalized spacial score (nSPS) is 17.6. The number of carbonyl (C=O) groups is 2. The molecule has 0 aliphatic carbocycles. The summed E-state index contributed by atoms with van der Waals surface area (Å²) in [6.07, 6.45) is 3.20. The van der Waals surface area contributed by atoms with Gasteiger partial charge in [-0.15, -0.1) is 0 Å². The van der Waals surface area contributed by atoms with Crippen molar-refractivity contribution >= 4 is 11.8 Å². The van der Waals surface area contributed by atoms with E-state index in [9.17, 15) is 9.59 Å². The van der Waals surface area contributed by atoms with Crippen LogP contribution in [0, 0.1) is 5.92 Å². The van der Waals surface area contributed by atoms with Crippen molar-refractivity contribution in [1.29, 1.82) is 0 Å². The lowest BCUT2D eigenvalue weighted by atomic mass is 9.95. The molecule has 2 rings (SSSR count). The number of nitrogens with zero attached hydrogens (tertiary/aromatic N) is 2. The quantitative estimate of drug-likeness (QED) is 0.909. The second kappa shape index (κ2) is 6.50. The zero-order valence-corrected chi connectivity index (χ0v) is 12.0. The van der Waals surface area contributed by atoms with E-state index in [1.165, 1.54) is 0 Å². The second-order valence-corrected chi connectivity index (χ2v) is 5.27. The van der Waals surface area contributed by atoms with Crippen LogP contribution in [0.5, 0.6) is 0 Å². The summed E-state index contributed by atoms with van der Waals surface area (Å²) in [6.45, 7) is 4.85. The number of carbonyl (C=O) groups excluding carboxylic acids is 2. The molecule has 0 saturated carbocycles. The smallest absolute Gasteiger partial charge is 0.223 e. The molecule has 1 aliphatic heterocycles. The van der Waals surface area contributed by atoms with E-state index < -0.39 is 0 Å².